The molecule has 0 saturated carbocycles. The molecular formula is C17H14N4O5. The van der Waals surface area contributed by atoms with E-state index in [0.717, 1.165) is 4.90 Å². The smallest absolute Gasteiger partial charge is 0.359 e. The highest BCUT2D eigenvalue weighted by atomic mass is 16.5. The van der Waals surface area contributed by atoms with Crippen molar-refractivity contribution in [1.29, 1.82) is 0 Å². The third-order valence-electron chi connectivity index (χ3n) is 3.70. The van der Waals surface area contributed by atoms with Crippen LogP contribution in [0.1, 0.15) is 36.9 Å². The Morgan fingerprint density at radius 2 is 1.85 bits per heavy atom. The summed E-state index contributed by atoms with van der Waals surface area (Å²) >= 11 is 0. The van der Waals surface area contributed by atoms with Gasteiger partial charge in [-0.2, -0.15) is 0 Å². The second-order valence-corrected chi connectivity index (χ2v) is 5.60. The molecule has 3 rings (SSSR count). The maximum atomic E-state index is 12.0. The number of hydrogen-bond acceptors (Lipinski definition) is 7. The Hall–Kier alpha value is -3.62. The van der Waals surface area contributed by atoms with Crippen LogP contribution in [-0.4, -0.2) is 52.2 Å². The van der Waals surface area contributed by atoms with Gasteiger partial charge in [0.2, 0.25) is 0 Å². The zero-order chi connectivity index (χ0) is 18.8. The highest BCUT2D eigenvalue weighted by molar-refractivity contribution is 6.21. The van der Waals surface area contributed by atoms with E-state index in [0.29, 0.717) is 11.4 Å². The minimum atomic E-state index is -0.774. The van der Waals surface area contributed by atoms with Crippen molar-refractivity contribution in [3.05, 3.63) is 53.1 Å². The van der Waals surface area contributed by atoms with Crippen molar-refractivity contribution in [2.75, 3.05) is 19.0 Å². The number of ether oxygens (including phenoxy) is 1. The normalized spacial score (nSPS) is 12.8. The summed E-state index contributed by atoms with van der Waals surface area (Å²) in [6, 6.07) is 4.36. The predicted octanol–water partition coefficient (Wildman–Crippen LogP) is 0.806. The minimum absolute atomic E-state index is 0.00641. The van der Waals surface area contributed by atoms with Crippen molar-refractivity contribution in [3.63, 3.8) is 0 Å². The Morgan fingerprint density at radius 1 is 1.12 bits per heavy atom. The molecule has 0 saturated heterocycles. The summed E-state index contributed by atoms with van der Waals surface area (Å²) in [5.41, 5.74) is 1.45. The van der Waals surface area contributed by atoms with Crippen LogP contribution in [0.15, 0.2) is 30.6 Å². The van der Waals surface area contributed by atoms with Gasteiger partial charge in [-0.15, -0.1) is 0 Å². The molecule has 9 nitrogen and oxygen atoms in total. The fourth-order valence-electron chi connectivity index (χ4n) is 2.34. The van der Waals surface area contributed by atoms with Crippen molar-refractivity contribution >= 4 is 29.4 Å². The first kappa shape index (κ1) is 17.2. The Balaban J connectivity index is 1.61. The van der Waals surface area contributed by atoms with Crippen molar-refractivity contribution in [3.8, 4) is 0 Å². The molecule has 9 heteroatoms. The number of hydrogen-bond donors (Lipinski definition) is 1. The fraction of sp³-hybridized carbons (Fsp3) is 0.176. The van der Waals surface area contributed by atoms with E-state index in [9.17, 15) is 19.2 Å². The van der Waals surface area contributed by atoms with Crippen LogP contribution < -0.4 is 5.32 Å². The molecule has 2 heterocycles. The average Bonchev–Trinajstić information content (AvgIpc) is 2.84. The summed E-state index contributed by atoms with van der Waals surface area (Å²) in [5.74, 6) is -2.20. The van der Waals surface area contributed by atoms with Crippen LogP contribution in [0.3, 0.4) is 0 Å². The lowest BCUT2D eigenvalue weighted by Crippen LogP contribution is -2.24. The molecule has 1 aliphatic heterocycles. The van der Waals surface area contributed by atoms with Crippen molar-refractivity contribution in [1.82, 2.24) is 14.9 Å². The number of amides is 3. The van der Waals surface area contributed by atoms with Crippen molar-refractivity contribution in [2.24, 2.45) is 0 Å². The summed E-state index contributed by atoms with van der Waals surface area (Å²) < 4.78 is 4.87. The third kappa shape index (κ3) is 3.27. The van der Waals surface area contributed by atoms with Crippen LogP contribution in [0.2, 0.25) is 0 Å². The van der Waals surface area contributed by atoms with Crippen LogP contribution in [0.25, 0.3) is 0 Å². The quantitative estimate of drug-likeness (QED) is 0.637. The number of nitrogens with one attached hydrogen (secondary N) is 1. The standard InChI is InChI=1S/C17H14N4O5/c1-9-6-19-13(7-18-9)17(25)26-8-14(22)20-10-3-4-11-12(5-10)16(24)21(2)15(11)23/h3-7H,8H2,1-2H3,(H,20,22). The molecule has 1 aromatic carbocycles. The lowest BCUT2D eigenvalue weighted by Gasteiger charge is -2.07. The number of esters is 1. The van der Waals surface area contributed by atoms with Gasteiger partial charge in [-0.3, -0.25) is 24.3 Å². The lowest BCUT2D eigenvalue weighted by atomic mass is 10.1. The molecular weight excluding hydrogens is 340 g/mol. The number of nitrogens with zero attached hydrogens (tertiary/aromatic N) is 3. The maximum Gasteiger partial charge on any atom is 0.359 e. The van der Waals surface area contributed by atoms with E-state index in [4.69, 9.17) is 4.74 Å². The van der Waals surface area contributed by atoms with Gasteiger partial charge in [0.1, 0.15) is 0 Å². The Kier molecular flexibility index (Phi) is 4.44. The Labute approximate surface area is 148 Å². The van der Waals surface area contributed by atoms with Crippen LogP contribution in [0.4, 0.5) is 5.69 Å². The second kappa shape index (κ2) is 6.71. The van der Waals surface area contributed by atoms with E-state index in [-0.39, 0.29) is 16.8 Å². The number of benzene rings is 1. The van der Waals surface area contributed by atoms with Gasteiger partial charge in [-0.1, -0.05) is 0 Å². The number of rotatable bonds is 4. The number of carbonyl (C=O) groups is 4. The first-order valence-electron chi connectivity index (χ1n) is 7.59. The molecule has 26 heavy (non-hydrogen) atoms. The summed E-state index contributed by atoms with van der Waals surface area (Å²) in [5, 5.41) is 2.50. The van der Waals surface area contributed by atoms with Crippen molar-refractivity contribution in [2.45, 2.75) is 6.92 Å². The summed E-state index contributed by atoms with van der Waals surface area (Å²) in [4.78, 5) is 56.3. The number of fused-ring (bicyclic) bond motifs is 1. The van der Waals surface area contributed by atoms with E-state index in [2.05, 4.69) is 15.3 Å². The van der Waals surface area contributed by atoms with Gasteiger partial charge in [-0.25, -0.2) is 9.78 Å². The number of anilines is 1. The molecule has 3 amide bonds. The van der Waals surface area contributed by atoms with Gasteiger partial charge in [0.15, 0.2) is 12.3 Å². The van der Waals surface area contributed by atoms with Crippen LogP contribution in [0, 0.1) is 6.92 Å². The van der Waals surface area contributed by atoms with Gasteiger partial charge in [-0.05, 0) is 25.1 Å². The summed E-state index contributed by atoms with van der Waals surface area (Å²) in [7, 11) is 1.39. The van der Waals surface area contributed by atoms with Crippen molar-refractivity contribution < 1.29 is 23.9 Å². The van der Waals surface area contributed by atoms with Crippen LogP contribution in [0.5, 0.6) is 0 Å². The lowest BCUT2D eigenvalue weighted by molar-refractivity contribution is -0.119. The first-order chi connectivity index (χ1) is 12.4. The maximum absolute atomic E-state index is 12.0. The molecule has 2 aromatic rings. The number of carbonyl (C=O) groups excluding carboxylic acids is 4. The zero-order valence-corrected chi connectivity index (χ0v) is 14.0. The van der Waals surface area contributed by atoms with Gasteiger partial charge in [0, 0.05) is 18.9 Å². The first-order valence-corrected chi connectivity index (χ1v) is 7.59. The number of imide groups is 1. The molecule has 0 atom stereocenters. The fourth-order valence-corrected chi connectivity index (χ4v) is 2.34. The molecule has 1 N–H and O–H groups in total. The van der Waals surface area contributed by atoms with E-state index < -0.39 is 30.3 Å². The predicted molar refractivity (Wildman–Crippen MR) is 88.5 cm³/mol. The summed E-state index contributed by atoms with van der Waals surface area (Å²) in [6.45, 7) is 1.19. The largest absolute Gasteiger partial charge is 0.451 e. The van der Waals surface area contributed by atoms with Crippen LogP contribution in [-0.2, 0) is 9.53 Å². The van der Waals surface area contributed by atoms with E-state index in [1.165, 1.54) is 37.6 Å². The Bertz CT molecular complexity index is 923. The van der Waals surface area contributed by atoms with E-state index in [1.807, 2.05) is 0 Å². The monoisotopic (exact) mass is 354 g/mol. The van der Waals surface area contributed by atoms with Gasteiger partial charge in [0.25, 0.3) is 17.7 Å². The molecule has 0 bridgehead atoms. The third-order valence-corrected chi connectivity index (χ3v) is 3.70. The van der Waals surface area contributed by atoms with E-state index in [1.54, 1.807) is 6.92 Å². The average molecular weight is 354 g/mol. The van der Waals surface area contributed by atoms with E-state index >= 15 is 0 Å². The molecule has 0 unspecified atom stereocenters. The highest BCUT2D eigenvalue weighted by Gasteiger charge is 2.32. The molecule has 0 radical (unpaired) electrons. The Morgan fingerprint density at radius 3 is 2.54 bits per heavy atom. The minimum Gasteiger partial charge on any atom is -0.451 e. The molecule has 0 aliphatic carbocycles. The topological polar surface area (TPSA) is 119 Å². The molecule has 1 aliphatic rings. The van der Waals surface area contributed by atoms with Gasteiger partial charge < -0.3 is 10.1 Å². The number of aryl methyl sites for hydroxylation is 1. The SMILES string of the molecule is Cc1cnc(C(=O)OCC(=O)Nc2ccc3c(c2)C(=O)N(C)C3=O)cn1. The molecule has 1 aromatic heterocycles. The molecule has 132 valence electrons. The highest BCUT2D eigenvalue weighted by Crippen LogP contribution is 2.24. The van der Waals surface area contributed by atoms with Crippen LogP contribution >= 0.6 is 0 Å². The van der Waals surface area contributed by atoms with Gasteiger partial charge in [0.05, 0.1) is 23.0 Å². The van der Waals surface area contributed by atoms with Gasteiger partial charge >= 0.3 is 5.97 Å². The molecule has 0 spiro atoms. The number of aromatic nitrogens is 2. The zero-order valence-electron chi connectivity index (χ0n) is 14.0. The summed E-state index contributed by atoms with van der Waals surface area (Å²) in [6.07, 6.45) is 2.67. The second-order valence-electron chi connectivity index (χ2n) is 5.60. The molecule has 0 fully saturated rings.